The maximum Gasteiger partial charge on any atom is 0.338 e. The Labute approximate surface area is 123 Å². The monoisotopic (exact) mass is 283 g/mol. The zero-order chi connectivity index (χ0) is 15.2. The van der Waals surface area contributed by atoms with Crippen LogP contribution in [0, 0.1) is 13.8 Å². The molecule has 0 spiro atoms. The molecule has 2 rings (SSSR count). The quantitative estimate of drug-likeness (QED) is 0.877. The fraction of sp³-hybridized carbons (Fsp3) is 0.176. The van der Waals surface area contributed by atoms with Crippen LogP contribution in [0.4, 0.5) is 5.69 Å². The average Bonchev–Trinajstić information content (AvgIpc) is 2.49. The van der Waals surface area contributed by atoms with E-state index in [9.17, 15) is 9.59 Å². The average molecular weight is 283 g/mol. The normalized spacial score (nSPS) is 10.0. The molecule has 0 unspecified atom stereocenters. The number of anilines is 1. The lowest BCUT2D eigenvalue weighted by atomic mass is 10.1. The summed E-state index contributed by atoms with van der Waals surface area (Å²) in [6.45, 7) is 3.53. The summed E-state index contributed by atoms with van der Waals surface area (Å²) in [6, 6.07) is 14.3. The molecule has 0 saturated carbocycles. The molecule has 2 aromatic carbocycles. The van der Waals surface area contributed by atoms with Crippen LogP contribution < -0.4 is 5.32 Å². The number of esters is 1. The summed E-state index contributed by atoms with van der Waals surface area (Å²) >= 11 is 0. The Morgan fingerprint density at radius 3 is 2.19 bits per heavy atom. The van der Waals surface area contributed by atoms with Crippen LogP contribution in [-0.2, 0) is 9.53 Å². The van der Waals surface area contributed by atoms with Crippen LogP contribution >= 0.6 is 0 Å². The van der Waals surface area contributed by atoms with Crippen LogP contribution in [0.15, 0.2) is 48.5 Å². The Morgan fingerprint density at radius 1 is 0.952 bits per heavy atom. The number of hydrogen-bond donors (Lipinski definition) is 1. The molecule has 0 radical (unpaired) electrons. The molecule has 1 amide bonds. The van der Waals surface area contributed by atoms with Gasteiger partial charge in [0.1, 0.15) is 0 Å². The number of carbonyl (C=O) groups excluding carboxylic acids is 2. The van der Waals surface area contributed by atoms with Crippen molar-refractivity contribution in [2.45, 2.75) is 13.8 Å². The molecular weight excluding hydrogens is 266 g/mol. The van der Waals surface area contributed by atoms with Gasteiger partial charge in [0.2, 0.25) is 0 Å². The van der Waals surface area contributed by atoms with E-state index in [0.717, 1.165) is 16.8 Å². The van der Waals surface area contributed by atoms with Crippen LogP contribution in [0.1, 0.15) is 21.5 Å². The van der Waals surface area contributed by atoms with Gasteiger partial charge in [0.25, 0.3) is 5.91 Å². The van der Waals surface area contributed by atoms with Crippen molar-refractivity contribution >= 4 is 17.6 Å². The van der Waals surface area contributed by atoms with Crippen molar-refractivity contribution in [1.29, 1.82) is 0 Å². The lowest BCUT2D eigenvalue weighted by molar-refractivity contribution is -0.119. The van der Waals surface area contributed by atoms with Crippen molar-refractivity contribution in [2.75, 3.05) is 11.9 Å². The fourth-order valence-corrected chi connectivity index (χ4v) is 1.98. The van der Waals surface area contributed by atoms with E-state index in [1.165, 1.54) is 0 Å². The number of nitrogens with one attached hydrogen (secondary N) is 1. The van der Waals surface area contributed by atoms with Crippen molar-refractivity contribution < 1.29 is 14.3 Å². The second kappa shape index (κ2) is 6.70. The molecule has 0 aromatic heterocycles. The number of carbonyl (C=O) groups is 2. The number of aryl methyl sites for hydroxylation is 2. The van der Waals surface area contributed by atoms with Gasteiger partial charge < -0.3 is 10.1 Å². The van der Waals surface area contributed by atoms with Gasteiger partial charge in [0.15, 0.2) is 6.61 Å². The Hall–Kier alpha value is -2.62. The number of benzene rings is 2. The van der Waals surface area contributed by atoms with Gasteiger partial charge in [-0.25, -0.2) is 4.79 Å². The predicted octanol–water partition coefficient (Wildman–Crippen LogP) is 3.10. The number of rotatable bonds is 4. The third-order valence-corrected chi connectivity index (χ3v) is 3.09. The molecule has 0 heterocycles. The Morgan fingerprint density at radius 2 is 1.57 bits per heavy atom. The zero-order valence-corrected chi connectivity index (χ0v) is 12.1. The second-order valence-corrected chi connectivity index (χ2v) is 4.76. The number of amides is 1. The first-order valence-electron chi connectivity index (χ1n) is 6.66. The highest BCUT2D eigenvalue weighted by molar-refractivity contribution is 5.96. The molecule has 0 fully saturated rings. The van der Waals surface area contributed by atoms with Crippen molar-refractivity contribution in [2.24, 2.45) is 0 Å². The topological polar surface area (TPSA) is 55.4 Å². The van der Waals surface area contributed by atoms with Gasteiger partial charge in [0.05, 0.1) is 5.56 Å². The van der Waals surface area contributed by atoms with Crippen LogP contribution in [-0.4, -0.2) is 18.5 Å². The first-order valence-corrected chi connectivity index (χ1v) is 6.66. The van der Waals surface area contributed by atoms with Gasteiger partial charge in [-0.3, -0.25) is 4.79 Å². The van der Waals surface area contributed by atoms with Crippen molar-refractivity contribution in [3.05, 3.63) is 65.2 Å². The largest absolute Gasteiger partial charge is 0.452 e. The first-order chi connectivity index (χ1) is 10.1. The molecule has 1 N–H and O–H groups in total. The summed E-state index contributed by atoms with van der Waals surface area (Å²) in [5.41, 5.74) is 3.13. The number of ether oxygens (including phenoxy) is 1. The van der Waals surface area contributed by atoms with E-state index in [-0.39, 0.29) is 12.5 Å². The smallest absolute Gasteiger partial charge is 0.338 e. The molecule has 2 aromatic rings. The Bertz CT molecular complexity index is 630. The molecule has 0 bridgehead atoms. The summed E-state index contributed by atoms with van der Waals surface area (Å²) in [4.78, 5) is 23.6. The minimum atomic E-state index is -0.507. The minimum Gasteiger partial charge on any atom is -0.452 e. The highest BCUT2D eigenvalue weighted by atomic mass is 16.5. The van der Waals surface area contributed by atoms with Gasteiger partial charge in [0, 0.05) is 5.69 Å². The van der Waals surface area contributed by atoms with E-state index in [0.29, 0.717) is 5.56 Å². The first kappa shape index (κ1) is 14.8. The molecule has 0 aliphatic rings. The summed E-state index contributed by atoms with van der Waals surface area (Å²) < 4.78 is 4.99. The fourth-order valence-electron chi connectivity index (χ4n) is 1.98. The van der Waals surface area contributed by atoms with Gasteiger partial charge in [-0.05, 0) is 37.1 Å². The van der Waals surface area contributed by atoms with Crippen molar-refractivity contribution in [3.63, 3.8) is 0 Å². The molecule has 0 atom stereocenters. The lowest BCUT2D eigenvalue weighted by Gasteiger charge is -2.11. The molecule has 0 aliphatic heterocycles. The van der Waals surface area contributed by atoms with E-state index >= 15 is 0 Å². The summed E-state index contributed by atoms with van der Waals surface area (Å²) in [6.07, 6.45) is 0. The number of hydrogen-bond acceptors (Lipinski definition) is 3. The van der Waals surface area contributed by atoms with Gasteiger partial charge in [-0.1, -0.05) is 36.4 Å². The van der Waals surface area contributed by atoms with Crippen LogP contribution in [0.5, 0.6) is 0 Å². The van der Waals surface area contributed by atoms with Gasteiger partial charge >= 0.3 is 5.97 Å². The minimum absolute atomic E-state index is 0.304. The van der Waals surface area contributed by atoms with E-state index in [2.05, 4.69) is 5.32 Å². The van der Waals surface area contributed by atoms with E-state index in [4.69, 9.17) is 4.74 Å². The van der Waals surface area contributed by atoms with E-state index in [1.807, 2.05) is 38.1 Å². The summed E-state index contributed by atoms with van der Waals surface area (Å²) in [7, 11) is 0. The molecule has 108 valence electrons. The van der Waals surface area contributed by atoms with E-state index in [1.54, 1.807) is 24.3 Å². The maximum atomic E-state index is 11.9. The third kappa shape index (κ3) is 3.92. The standard InChI is InChI=1S/C17H17NO3/c1-12-7-6-8-13(2)16(12)18-15(19)11-21-17(20)14-9-4-3-5-10-14/h3-10H,11H2,1-2H3,(H,18,19). The van der Waals surface area contributed by atoms with Gasteiger partial charge in [-0.2, -0.15) is 0 Å². The van der Waals surface area contributed by atoms with Crippen LogP contribution in [0.2, 0.25) is 0 Å². The second-order valence-electron chi connectivity index (χ2n) is 4.76. The summed E-state index contributed by atoms with van der Waals surface area (Å²) in [5.74, 6) is -0.857. The molecule has 0 saturated heterocycles. The predicted molar refractivity (Wildman–Crippen MR) is 81.3 cm³/mol. The van der Waals surface area contributed by atoms with E-state index < -0.39 is 5.97 Å². The lowest BCUT2D eigenvalue weighted by Crippen LogP contribution is -2.21. The van der Waals surface area contributed by atoms with Gasteiger partial charge in [-0.15, -0.1) is 0 Å². The van der Waals surface area contributed by atoms with Crippen molar-refractivity contribution in [3.8, 4) is 0 Å². The maximum absolute atomic E-state index is 11.9. The zero-order valence-electron chi connectivity index (χ0n) is 12.1. The summed E-state index contributed by atoms with van der Waals surface area (Å²) in [5, 5.41) is 2.77. The molecule has 4 nitrogen and oxygen atoms in total. The van der Waals surface area contributed by atoms with Crippen LogP contribution in [0.3, 0.4) is 0 Å². The Balaban J connectivity index is 1.92. The molecule has 0 aliphatic carbocycles. The van der Waals surface area contributed by atoms with Crippen LogP contribution in [0.25, 0.3) is 0 Å². The SMILES string of the molecule is Cc1cccc(C)c1NC(=O)COC(=O)c1ccccc1. The third-order valence-electron chi connectivity index (χ3n) is 3.09. The number of para-hydroxylation sites is 1. The highest BCUT2D eigenvalue weighted by Gasteiger charge is 2.11. The van der Waals surface area contributed by atoms with Crippen molar-refractivity contribution in [1.82, 2.24) is 0 Å². The molecular formula is C17H17NO3. The molecule has 4 heteroatoms. The Kier molecular flexibility index (Phi) is 4.72. The highest BCUT2D eigenvalue weighted by Crippen LogP contribution is 2.19. The molecule has 21 heavy (non-hydrogen) atoms.